The SMILES string of the molecule is CCn1cc(NC(=O)CN2CCC(Oc3ccc(F)cc3)CC2)c(C)n1. The van der Waals surface area contributed by atoms with Crippen molar-refractivity contribution in [3.05, 3.63) is 42.0 Å². The fourth-order valence-corrected chi connectivity index (χ4v) is 3.09. The number of amides is 1. The van der Waals surface area contributed by atoms with Crippen molar-refractivity contribution in [2.24, 2.45) is 0 Å². The molecule has 0 aliphatic carbocycles. The topological polar surface area (TPSA) is 59.4 Å². The first-order valence-electron chi connectivity index (χ1n) is 9.02. The lowest BCUT2D eigenvalue weighted by atomic mass is 10.1. The van der Waals surface area contributed by atoms with E-state index in [1.165, 1.54) is 12.1 Å². The maximum absolute atomic E-state index is 12.9. The molecule has 0 saturated carbocycles. The lowest BCUT2D eigenvalue weighted by Crippen LogP contribution is -2.42. The van der Waals surface area contributed by atoms with Crippen molar-refractivity contribution in [3.63, 3.8) is 0 Å². The number of carbonyl (C=O) groups is 1. The van der Waals surface area contributed by atoms with Crippen molar-refractivity contribution in [1.29, 1.82) is 0 Å². The summed E-state index contributed by atoms with van der Waals surface area (Å²) in [7, 11) is 0. The largest absolute Gasteiger partial charge is 0.490 e. The number of halogens is 1. The number of ether oxygens (including phenoxy) is 1. The van der Waals surface area contributed by atoms with Gasteiger partial charge in [-0.05, 0) is 51.0 Å². The summed E-state index contributed by atoms with van der Waals surface area (Å²) < 4.78 is 20.6. The number of rotatable bonds is 6. The molecular formula is C19H25FN4O2. The Morgan fingerprint density at radius 3 is 2.62 bits per heavy atom. The molecule has 140 valence electrons. The highest BCUT2D eigenvalue weighted by molar-refractivity contribution is 5.92. The second kappa shape index (κ2) is 8.31. The molecule has 0 spiro atoms. The lowest BCUT2D eigenvalue weighted by molar-refractivity contribution is -0.117. The molecule has 1 N–H and O–H groups in total. The van der Waals surface area contributed by atoms with E-state index >= 15 is 0 Å². The van der Waals surface area contributed by atoms with Crippen molar-refractivity contribution >= 4 is 11.6 Å². The number of aromatic nitrogens is 2. The van der Waals surface area contributed by atoms with Crippen LogP contribution in [-0.4, -0.2) is 46.3 Å². The number of piperidine rings is 1. The Labute approximate surface area is 152 Å². The predicted molar refractivity (Wildman–Crippen MR) is 97.8 cm³/mol. The summed E-state index contributed by atoms with van der Waals surface area (Å²) in [5, 5.41) is 7.27. The summed E-state index contributed by atoms with van der Waals surface area (Å²) >= 11 is 0. The Kier molecular flexibility index (Phi) is 5.88. The number of aryl methyl sites for hydroxylation is 2. The number of carbonyl (C=O) groups excluding carboxylic acids is 1. The average Bonchev–Trinajstić information content (AvgIpc) is 2.98. The van der Waals surface area contributed by atoms with Gasteiger partial charge in [0.2, 0.25) is 5.91 Å². The molecule has 0 unspecified atom stereocenters. The molecule has 1 aliphatic rings. The molecule has 0 atom stereocenters. The van der Waals surface area contributed by atoms with Gasteiger partial charge in [0.25, 0.3) is 0 Å². The molecule has 1 fully saturated rings. The van der Waals surface area contributed by atoms with Crippen LogP contribution in [0.15, 0.2) is 30.5 Å². The van der Waals surface area contributed by atoms with E-state index in [0.717, 1.165) is 43.9 Å². The van der Waals surface area contributed by atoms with E-state index in [0.29, 0.717) is 12.3 Å². The monoisotopic (exact) mass is 360 g/mol. The minimum atomic E-state index is -0.266. The van der Waals surface area contributed by atoms with Gasteiger partial charge in [-0.15, -0.1) is 0 Å². The molecule has 0 bridgehead atoms. The third-order valence-corrected chi connectivity index (χ3v) is 4.56. The second-order valence-corrected chi connectivity index (χ2v) is 6.58. The number of nitrogens with one attached hydrogen (secondary N) is 1. The van der Waals surface area contributed by atoms with Gasteiger partial charge in [-0.3, -0.25) is 14.4 Å². The van der Waals surface area contributed by atoms with Crippen LogP contribution in [0.4, 0.5) is 10.1 Å². The van der Waals surface area contributed by atoms with Crippen LogP contribution in [0.3, 0.4) is 0 Å². The molecule has 1 amide bonds. The molecule has 2 aromatic rings. The molecule has 1 aromatic carbocycles. The second-order valence-electron chi connectivity index (χ2n) is 6.58. The van der Waals surface area contributed by atoms with E-state index in [9.17, 15) is 9.18 Å². The zero-order valence-electron chi connectivity index (χ0n) is 15.2. The van der Waals surface area contributed by atoms with E-state index in [-0.39, 0.29) is 17.8 Å². The summed E-state index contributed by atoms with van der Waals surface area (Å²) in [6, 6.07) is 6.09. The van der Waals surface area contributed by atoms with Crippen LogP contribution in [0.25, 0.3) is 0 Å². The summed E-state index contributed by atoms with van der Waals surface area (Å²) in [6.45, 7) is 6.63. The molecular weight excluding hydrogens is 335 g/mol. The van der Waals surface area contributed by atoms with Crippen molar-refractivity contribution < 1.29 is 13.9 Å². The third-order valence-electron chi connectivity index (χ3n) is 4.56. The summed E-state index contributed by atoms with van der Waals surface area (Å²) in [5.74, 6) is 0.394. The van der Waals surface area contributed by atoms with E-state index in [1.807, 2.05) is 24.7 Å². The quantitative estimate of drug-likeness (QED) is 0.861. The maximum atomic E-state index is 12.9. The maximum Gasteiger partial charge on any atom is 0.238 e. The number of anilines is 1. The number of hydrogen-bond acceptors (Lipinski definition) is 4. The van der Waals surface area contributed by atoms with Crippen molar-refractivity contribution in [2.45, 2.75) is 39.3 Å². The molecule has 0 radical (unpaired) electrons. The van der Waals surface area contributed by atoms with Crippen LogP contribution in [0, 0.1) is 12.7 Å². The fourth-order valence-electron chi connectivity index (χ4n) is 3.09. The number of likely N-dealkylation sites (tertiary alicyclic amines) is 1. The minimum absolute atomic E-state index is 0.0262. The van der Waals surface area contributed by atoms with E-state index in [4.69, 9.17) is 4.74 Å². The van der Waals surface area contributed by atoms with Gasteiger partial charge in [0.1, 0.15) is 17.7 Å². The van der Waals surface area contributed by atoms with Crippen molar-refractivity contribution in [2.75, 3.05) is 25.0 Å². The van der Waals surface area contributed by atoms with Crippen molar-refractivity contribution in [1.82, 2.24) is 14.7 Å². The highest BCUT2D eigenvalue weighted by Crippen LogP contribution is 2.19. The van der Waals surface area contributed by atoms with Crippen LogP contribution < -0.4 is 10.1 Å². The van der Waals surface area contributed by atoms with E-state index < -0.39 is 0 Å². The summed E-state index contributed by atoms with van der Waals surface area (Å²) in [5.41, 5.74) is 1.60. The molecule has 26 heavy (non-hydrogen) atoms. The van der Waals surface area contributed by atoms with Crippen LogP contribution in [0.5, 0.6) is 5.75 Å². The number of hydrogen-bond donors (Lipinski definition) is 1. The zero-order chi connectivity index (χ0) is 18.5. The lowest BCUT2D eigenvalue weighted by Gasteiger charge is -2.31. The third kappa shape index (κ3) is 4.82. The van der Waals surface area contributed by atoms with Gasteiger partial charge in [-0.1, -0.05) is 0 Å². The Balaban J connectivity index is 1.43. The predicted octanol–water partition coefficient (Wildman–Crippen LogP) is 2.83. The van der Waals surface area contributed by atoms with Crippen LogP contribution in [0.1, 0.15) is 25.5 Å². The van der Waals surface area contributed by atoms with Gasteiger partial charge in [0, 0.05) is 25.8 Å². The molecule has 7 heteroatoms. The number of benzene rings is 1. The van der Waals surface area contributed by atoms with Gasteiger partial charge < -0.3 is 10.1 Å². The highest BCUT2D eigenvalue weighted by atomic mass is 19.1. The van der Waals surface area contributed by atoms with Gasteiger partial charge >= 0.3 is 0 Å². The minimum Gasteiger partial charge on any atom is -0.490 e. The Morgan fingerprint density at radius 1 is 1.31 bits per heavy atom. The van der Waals surface area contributed by atoms with Gasteiger partial charge in [-0.25, -0.2) is 4.39 Å². The normalized spacial score (nSPS) is 15.8. The highest BCUT2D eigenvalue weighted by Gasteiger charge is 2.22. The standard InChI is InChI=1S/C19H25FN4O2/c1-3-24-12-18(14(2)22-24)21-19(25)13-23-10-8-17(9-11-23)26-16-6-4-15(20)5-7-16/h4-7,12,17H,3,8-11,13H2,1-2H3,(H,21,25). The van der Waals surface area contributed by atoms with Crippen LogP contribution >= 0.6 is 0 Å². The Bertz CT molecular complexity index is 736. The summed E-state index contributed by atoms with van der Waals surface area (Å²) in [6.07, 6.45) is 3.65. The molecule has 3 rings (SSSR count). The van der Waals surface area contributed by atoms with Crippen molar-refractivity contribution in [3.8, 4) is 5.75 Å². The molecule has 1 aromatic heterocycles. The van der Waals surface area contributed by atoms with E-state index in [1.54, 1.807) is 12.1 Å². The summed E-state index contributed by atoms with van der Waals surface area (Å²) in [4.78, 5) is 14.4. The number of nitrogens with zero attached hydrogens (tertiary/aromatic N) is 3. The first kappa shape index (κ1) is 18.4. The van der Waals surface area contributed by atoms with Gasteiger partial charge in [-0.2, -0.15) is 5.10 Å². The molecule has 2 heterocycles. The zero-order valence-corrected chi connectivity index (χ0v) is 15.2. The Morgan fingerprint density at radius 2 is 2.00 bits per heavy atom. The first-order valence-corrected chi connectivity index (χ1v) is 9.02. The van der Waals surface area contributed by atoms with Gasteiger partial charge in [0.15, 0.2) is 0 Å². The Hall–Kier alpha value is -2.41. The average molecular weight is 360 g/mol. The molecule has 6 nitrogen and oxygen atoms in total. The molecule has 1 saturated heterocycles. The fraction of sp³-hybridized carbons (Fsp3) is 0.474. The molecule has 1 aliphatic heterocycles. The smallest absolute Gasteiger partial charge is 0.238 e. The van der Waals surface area contributed by atoms with Crippen LogP contribution in [0.2, 0.25) is 0 Å². The van der Waals surface area contributed by atoms with E-state index in [2.05, 4.69) is 15.3 Å². The first-order chi connectivity index (χ1) is 12.5. The van der Waals surface area contributed by atoms with Crippen LogP contribution in [-0.2, 0) is 11.3 Å². The van der Waals surface area contributed by atoms with Gasteiger partial charge in [0.05, 0.1) is 17.9 Å².